The molecule has 0 fully saturated rings. The molecule has 1 aromatic carbocycles. The van der Waals surface area contributed by atoms with Crippen LogP contribution in [0.3, 0.4) is 0 Å². The molecule has 0 aliphatic heterocycles. The summed E-state index contributed by atoms with van der Waals surface area (Å²) >= 11 is 6.34. The smallest absolute Gasteiger partial charge is 0.133 e. The zero-order valence-electron chi connectivity index (χ0n) is 13.1. The average molecular weight is 304 g/mol. The number of benzene rings is 1. The number of halogens is 1. The summed E-state index contributed by atoms with van der Waals surface area (Å²) in [6, 6.07) is 7.82. The maximum Gasteiger partial charge on any atom is 0.133 e. The molecular weight excluding hydrogens is 282 g/mol. The van der Waals surface area contributed by atoms with Crippen LogP contribution in [0.5, 0.6) is 0 Å². The van der Waals surface area contributed by atoms with Crippen LogP contribution in [0.25, 0.3) is 11.3 Å². The van der Waals surface area contributed by atoms with Crippen LogP contribution < -0.4 is 5.32 Å². The summed E-state index contributed by atoms with van der Waals surface area (Å²) in [4.78, 5) is 9.40. The highest BCUT2D eigenvalue weighted by molar-refractivity contribution is 6.33. The largest absolute Gasteiger partial charge is 0.370 e. The van der Waals surface area contributed by atoms with E-state index in [2.05, 4.69) is 31.1 Å². The molecule has 0 amide bonds. The van der Waals surface area contributed by atoms with Crippen molar-refractivity contribution in [2.45, 2.75) is 40.0 Å². The van der Waals surface area contributed by atoms with Crippen molar-refractivity contribution in [3.63, 3.8) is 0 Å². The fraction of sp³-hybridized carbons (Fsp3) is 0.412. The predicted octanol–water partition coefficient (Wildman–Crippen LogP) is 5.05. The van der Waals surface area contributed by atoms with E-state index in [0.717, 1.165) is 46.5 Å². The second kappa shape index (κ2) is 6.90. The van der Waals surface area contributed by atoms with Crippen molar-refractivity contribution in [3.8, 4) is 11.3 Å². The Kier molecular flexibility index (Phi) is 5.18. The Labute approximate surface area is 131 Å². The SMILES string of the molecule is CCCNc1nc(C(C)C)nc(-c2ccccc2Cl)c1C. The zero-order valence-corrected chi connectivity index (χ0v) is 13.8. The van der Waals surface area contributed by atoms with Gasteiger partial charge in [-0.1, -0.05) is 50.6 Å². The summed E-state index contributed by atoms with van der Waals surface area (Å²) in [6.07, 6.45) is 1.06. The molecule has 0 spiro atoms. The Bertz CT molecular complexity index is 623. The van der Waals surface area contributed by atoms with Gasteiger partial charge in [-0.2, -0.15) is 0 Å². The monoisotopic (exact) mass is 303 g/mol. The minimum atomic E-state index is 0.272. The van der Waals surface area contributed by atoms with Gasteiger partial charge in [-0.25, -0.2) is 9.97 Å². The first kappa shape index (κ1) is 15.8. The molecule has 0 saturated carbocycles. The highest BCUT2D eigenvalue weighted by atomic mass is 35.5. The lowest BCUT2D eigenvalue weighted by Crippen LogP contribution is -2.10. The molecule has 0 saturated heterocycles. The Hall–Kier alpha value is -1.61. The van der Waals surface area contributed by atoms with E-state index in [9.17, 15) is 0 Å². The predicted molar refractivity (Wildman–Crippen MR) is 90.1 cm³/mol. The van der Waals surface area contributed by atoms with E-state index in [-0.39, 0.29) is 5.92 Å². The van der Waals surface area contributed by atoms with Crippen LogP contribution in [0.2, 0.25) is 5.02 Å². The van der Waals surface area contributed by atoms with Gasteiger partial charge >= 0.3 is 0 Å². The molecule has 1 heterocycles. The van der Waals surface area contributed by atoms with Crippen LogP contribution in [0.4, 0.5) is 5.82 Å². The van der Waals surface area contributed by atoms with E-state index in [1.165, 1.54) is 0 Å². The Morgan fingerprint density at radius 2 is 1.90 bits per heavy atom. The summed E-state index contributed by atoms with van der Waals surface area (Å²) in [7, 11) is 0. The van der Waals surface area contributed by atoms with E-state index in [0.29, 0.717) is 0 Å². The Balaban J connectivity index is 2.58. The molecule has 3 nitrogen and oxygen atoms in total. The van der Waals surface area contributed by atoms with Crippen LogP contribution in [0.1, 0.15) is 44.5 Å². The van der Waals surface area contributed by atoms with Gasteiger partial charge in [0.25, 0.3) is 0 Å². The molecular formula is C17H22ClN3. The third-order valence-electron chi connectivity index (χ3n) is 3.35. The van der Waals surface area contributed by atoms with Gasteiger partial charge in [-0.3, -0.25) is 0 Å². The molecule has 0 radical (unpaired) electrons. The number of rotatable bonds is 5. The summed E-state index contributed by atoms with van der Waals surface area (Å²) < 4.78 is 0. The van der Waals surface area contributed by atoms with E-state index in [1.54, 1.807) is 0 Å². The number of anilines is 1. The van der Waals surface area contributed by atoms with Crippen molar-refractivity contribution in [1.29, 1.82) is 0 Å². The number of hydrogen-bond donors (Lipinski definition) is 1. The van der Waals surface area contributed by atoms with Crippen LogP contribution >= 0.6 is 11.6 Å². The quantitative estimate of drug-likeness (QED) is 0.840. The molecule has 0 bridgehead atoms. The normalized spacial score (nSPS) is 11.0. The van der Waals surface area contributed by atoms with Crippen molar-refractivity contribution in [1.82, 2.24) is 9.97 Å². The van der Waals surface area contributed by atoms with Gasteiger partial charge in [0.05, 0.1) is 5.69 Å². The average Bonchev–Trinajstić information content (AvgIpc) is 2.47. The second-order valence-corrected chi connectivity index (χ2v) is 5.87. The lowest BCUT2D eigenvalue weighted by Gasteiger charge is -2.16. The fourth-order valence-electron chi connectivity index (χ4n) is 2.12. The van der Waals surface area contributed by atoms with Crippen LogP contribution in [-0.4, -0.2) is 16.5 Å². The lowest BCUT2D eigenvalue weighted by molar-refractivity contribution is 0.772. The summed E-state index contributed by atoms with van der Waals surface area (Å²) in [5, 5.41) is 4.11. The Morgan fingerprint density at radius 1 is 1.19 bits per heavy atom. The molecule has 0 aliphatic rings. The van der Waals surface area contributed by atoms with Crippen LogP contribution in [0.15, 0.2) is 24.3 Å². The van der Waals surface area contributed by atoms with Gasteiger partial charge in [-0.05, 0) is 19.4 Å². The molecule has 1 aromatic heterocycles. The second-order valence-electron chi connectivity index (χ2n) is 5.47. The summed E-state index contributed by atoms with van der Waals surface area (Å²) in [5.74, 6) is 2.02. The highest BCUT2D eigenvalue weighted by Gasteiger charge is 2.15. The fourth-order valence-corrected chi connectivity index (χ4v) is 2.35. The topological polar surface area (TPSA) is 37.8 Å². The van der Waals surface area contributed by atoms with E-state index >= 15 is 0 Å². The van der Waals surface area contributed by atoms with E-state index in [1.807, 2.05) is 31.2 Å². The van der Waals surface area contributed by atoms with Gasteiger partial charge in [0.1, 0.15) is 11.6 Å². The number of hydrogen-bond acceptors (Lipinski definition) is 3. The summed E-state index contributed by atoms with van der Waals surface area (Å²) in [5.41, 5.74) is 2.92. The third kappa shape index (κ3) is 3.53. The van der Waals surface area contributed by atoms with Crippen LogP contribution in [-0.2, 0) is 0 Å². The first-order valence-electron chi connectivity index (χ1n) is 7.41. The van der Waals surface area contributed by atoms with Gasteiger partial charge in [-0.15, -0.1) is 0 Å². The van der Waals surface area contributed by atoms with Crippen molar-refractivity contribution in [2.75, 3.05) is 11.9 Å². The van der Waals surface area contributed by atoms with Crippen molar-refractivity contribution >= 4 is 17.4 Å². The standard InChI is InChI=1S/C17H22ClN3/c1-5-10-19-17-12(4)15(20-16(21-17)11(2)3)13-8-6-7-9-14(13)18/h6-9,11H,5,10H2,1-4H3,(H,19,20,21). The summed E-state index contributed by atoms with van der Waals surface area (Å²) in [6.45, 7) is 9.29. The molecule has 2 rings (SSSR count). The van der Waals surface area contributed by atoms with Gasteiger partial charge in [0.2, 0.25) is 0 Å². The molecule has 21 heavy (non-hydrogen) atoms. The highest BCUT2D eigenvalue weighted by Crippen LogP contribution is 2.32. The van der Waals surface area contributed by atoms with E-state index in [4.69, 9.17) is 16.6 Å². The number of nitrogens with one attached hydrogen (secondary N) is 1. The number of nitrogens with zero attached hydrogens (tertiary/aromatic N) is 2. The van der Waals surface area contributed by atoms with E-state index < -0.39 is 0 Å². The molecule has 2 aromatic rings. The van der Waals surface area contributed by atoms with Gasteiger partial charge < -0.3 is 5.32 Å². The first-order chi connectivity index (χ1) is 10.0. The van der Waals surface area contributed by atoms with Crippen molar-refractivity contribution < 1.29 is 0 Å². The minimum absolute atomic E-state index is 0.272. The lowest BCUT2D eigenvalue weighted by atomic mass is 10.1. The first-order valence-corrected chi connectivity index (χ1v) is 7.79. The van der Waals surface area contributed by atoms with Crippen LogP contribution in [0, 0.1) is 6.92 Å². The maximum atomic E-state index is 6.34. The molecule has 0 unspecified atom stereocenters. The minimum Gasteiger partial charge on any atom is -0.370 e. The Morgan fingerprint density at radius 3 is 2.52 bits per heavy atom. The van der Waals surface area contributed by atoms with Gasteiger partial charge in [0.15, 0.2) is 0 Å². The molecule has 0 atom stereocenters. The molecule has 0 aliphatic carbocycles. The van der Waals surface area contributed by atoms with Crippen molar-refractivity contribution in [2.24, 2.45) is 0 Å². The number of aromatic nitrogens is 2. The zero-order chi connectivity index (χ0) is 15.4. The maximum absolute atomic E-state index is 6.34. The van der Waals surface area contributed by atoms with Gasteiger partial charge in [0, 0.05) is 28.6 Å². The molecule has 112 valence electrons. The third-order valence-corrected chi connectivity index (χ3v) is 3.68. The van der Waals surface area contributed by atoms with Crippen molar-refractivity contribution in [3.05, 3.63) is 40.7 Å². The molecule has 4 heteroatoms. The molecule has 1 N–H and O–H groups in total.